The van der Waals surface area contributed by atoms with Crippen molar-refractivity contribution >= 4 is 5.91 Å². The van der Waals surface area contributed by atoms with Crippen LogP contribution in [0.15, 0.2) is 0 Å². The SMILES string of the molecule is CC(C(=O)N(C)C)N1C2CCCC1CC(N)C2. The topological polar surface area (TPSA) is 49.6 Å². The molecule has 2 saturated heterocycles. The number of carbonyl (C=O) groups is 1. The van der Waals surface area contributed by atoms with Crippen LogP contribution in [0.3, 0.4) is 0 Å². The van der Waals surface area contributed by atoms with Crippen molar-refractivity contribution in [2.75, 3.05) is 14.1 Å². The molecule has 2 aliphatic heterocycles. The van der Waals surface area contributed by atoms with Gasteiger partial charge in [-0.05, 0) is 32.6 Å². The monoisotopic (exact) mass is 239 g/mol. The first kappa shape index (κ1) is 12.8. The molecule has 3 atom stereocenters. The number of carbonyl (C=O) groups excluding carboxylic acids is 1. The predicted molar refractivity (Wildman–Crippen MR) is 68.6 cm³/mol. The number of nitrogens with two attached hydrogens (primary N) is 1. The second-order valence-corrected chi connectivity index (χ2v) is 5.83. The van der Waals surface area contributed by atoms with Crippen LogP contribution in [-0.4, -0.2) is 54.0 Å². The van der Waals surface area contributed by atoms with Crippen molar-refractivity contribution in [2.24, 2.45) is 5.73 Å². The number of nitrogens with zero attached hydrogens (tertiary/aromatic N) is 2. The quantitative estimate of drug-likeness (QED) is 0.775. The summed E-state index contributed by atoms with van der Waals surface area (Å²) in [6.45, 7) is 2.05. The first-order valence-corrected chi connectivity index (χ1v) is 6.75. The van der Waals surface area contributed by atoms with E-state index in [-0.39, 0.29) is 11.9 Å². The van der Waals surface area contributed by atoms with E-state index in [0.717, 1.165) is 12.8 Å². The van der Waals surface area contributed by atoms with Gasteiger partial charge in [0.25, 0.3) is 0 Å². The van der Waals surface area contributed by atoms with E-state index in [1.807, 2.05) is 21.0 Å². The minimum atomic E-state index is 0.00722. The van der Waals surface area contributed by atoms with E-state index in [9.17, 15) is 4.79 Å². The van der Waals surface area contributed by atoms with Gasteiger partial charge < -0.3 is 10.6 Å². The third-order valence-electron chi connectivity index (χ3n) is 4.31. The summed E-state index contributed by atoms with van der Waals surface area (Å²) in [5.41, 5.74) is 6.10. The molecule has 0 radical (unpaired) electrons. The van der Waals surface area contributed by atoms with Crippen molar-refractivity contribution in [3.8, 4) is 0 Å². The van der Waals surface area contributed by atoms with Crippen molar-refractivity contribution in [1.82, 2.24) is 9.80 Å². The van der Waals surface area contributed by atoms with Gasteiger partial charge in [0, 0.05) is 32.2 Å². The second-order valence-electron chi connectivity index (χ2n) is 5.83. The summed E-state index contributed by atoms with van der Waals surface area (Å²) in [5.74, 6) is 0.220. The van der Waals surface area contributed by atoms with Crippen LogP contribution in [0.4, 0.5) is 0 Å². The van der Waals surface area contributed by atoms with E-state index < -0.39 is 0 Å². The van der Waals surface area contributed by atoms with Gasteiger partial charge in [-0.2, -0.15) is 0 Å². The Labute approximate surface area is 104 Å². The Bertz CT molecular complexity index is 278. The van der Waals surface area contributed by atoms with E-state index in [1.165, 1.54) is 19.3 Å². The van der Waals surface area contributed by atoms with Crippen molar-refractivity contribution in [1.29, 1.82) is 0 Å². The fourth-order valence-electron chi connectivity index (χ4n) is 3.59. The third kappa shape index (κ3) is 2.47. The summed E-state index contributed by atoms with van der Waals surface area (Å²) in [6, 6.07) is 1.39. The van der Waals surface area contributed by atoms with Crippen molar-refractivity contribution in [3.05, 3.63) is 0 Å². The molecule has 17 heavy (non-hydrogen) atoms. The van der Waals surface area contributed by atoms with Crippen molar-refractivity contribution < 1.29 is 4.79 Å². The molecule has 0 aliphatic carbocycles. The van der Waals surface area contributed by atoms with Gasteiger partial charge in [-0.3, -0.25) is 9.69 Å². The zero-order valence-electron chi connectivity index (χ0n) is 11.2. The fraction of sp³-hybridized carbons (Fsp3) is 0.923. The van der Waals surface area contributed by atoms with Gasteiger partial charge in [0.1, 0.15) is 0 Å². The zero-order valence-corrected chi connectivity index (χ0v) is 11.2. The third-order valence-corrected chi connectivity index (χ3v) is 4.31. The Morgan fingerprint density at radius 3 is 2.29 bits per heavy atom. The molecule has 2 aliphatic rings. The summed E-state index contributed by atoms with van der Waals surface area (Å²) in [5, 5.41) is 0. The molecule has 0 saturated carbocycles. The molecule has 2 bridgehead atoms. The van der Waals surface area contributed by atoms with Crippen molar-refractivity contribution in [2.45, 2.75) is 63.2 Å². The Balaban J connectivity index is 2.11. The number of rotatable bonds is 2. The number of fused-ring (bicyclic) bond motifs is 2. The summed E-state index contributed by atoms with van der Waals surface area (Å²) >= 11 is 0. The van der Waals surface area contributed by atoms with E-state index in [0.29, 0.717) is 18.1 Å². The predicted octanol–water partition coefficient (Wildman–Crippen LogP) is 0.807. The molecule has 0 spiro atoms. The zero-order chi connectivity index (χ0) is 12.6. The van der Waals surface area contributed by atoms with E-state index in [4.69, 9.17) is 5.73 Å². The van der Waals surface area contributed by atoms with Gasteiger partial charge >= 0.3 is 0 Å². The first-order chi connectivity index (χ1) is 8.00. The van der Waals surface area contributed by atoms with Gasteiger partial charge in [0.2, 0.25) is 5.91 Å². The average Bonchev–Trinajstić information content (AvgIpc) is 2.25. The number of hydrogen-bond acceptors (Lipinski definition) is 3. The standard InChI is InChI=1S/C13H25N3O/c1-9(13(17)15(2)3)16-11-5-4-6-12(16)8-10(14)7-11/h9-12H,4-8,14H2,1-3H3. The highest BCUT2D eigenvalue weighted by atomic mass is 16.2. The lowest BCUT2D eigenvalue weighted by Crippen LogP contribution is -2.61. The van der Waals surface area contributed by atoms with Crippen LogP contribution in [0.1, 0.15) is 39.0 Å². The number of hydrogen-bond donors (Lipinski definition) is 1. The maximum Gasteiger partial charge on any atom is 0.239 e. The molecular formula is C13H25N3O. The highest BCUT2D eigenvalue weighted by Crippen LogP contribution is 2.35. The molecule has 2 N–H and O–H groups in total. The Hall–Kier alpha value is -0.610. The molecular weight excluding hydrogens is 214 g/mol. The normalized spacial score (nSPS) is 35.4. The molecule has 2 heterocycles. The minimum Gasteiger partial charge on any atom is -0.347 e. The van der Waals surface area contributed by atoms with Gasteiger partial charge in [0.05, 0.1) is 6.04 Å². The number of piperidine rings is 2. The second kappa shape index (κ2) is 4.94. The van der Waals surface area contributed by atoms with Crippen LogP contribution in [0.5, 0.6) is 0 Å². The van der Waals surface area contributed by atoms with E-state index in [1.54, 1.807) is 4.90 Å². The van der Waals surface area contributed by atoms with Crippen LogP contribution in [0.2, 0.25) is 0 Å². The van der Waals surface area contributed by atoms with Crippen molar-refractivity contribution in [3.63, 3.8) is 0 Å². The molecule has 0 aromatic rings. The number of amides is 1. The molecule has 3 unspecified atom stereocenters. The lowest BCUT2D eigenvalue weighted by molar-refractivity contribution is -0.138. The highest BCUT2D eigenvalue weighted by molar-refractivity contribution is 5.81. The average molecular weight is 239 g/mol. The Morgan fingerprint density at radius 2 is 1.82 bits per heavy atom. The molecule has 0 aromatic heterocycles. The minimum absolute atomic E-state index is 0.00722. The number of likely N-dealkylation sites (N-methyl/N-ethyl adjacent to an activating group) is 1. The lowest BCUT2D eigenvalue weighted by Gasteiger charge is -2.50. The molecule has 1 amide bonds. The maximum absolute atomic E-state index is 12.1. The summed E-state index contributed by atoms with van der Waals surface area (Å²) in [7, 11) is 3.68. The van der Waals surface area contributed by atoms with Crippen LogP contribution >= 0.6 is 0 Å². The lowest BCUT2D eigenvalue weighted by atomic mass is 9.81. The van der Waals surface area contributed by atoms with Crippen LogP contribution in [-0.2, 0) is 4.79 Å². The summed E-state index contributed by atoms with van der Waals surface area (Å²) in [4.78, 5) is 16.3. The summed E-state index contributed by atoms with van der Waals surface area (Å²) in [6.07, 6.45) is 5.81. The van der Waals surface area contributed by atoms with Crippen LogP contribution in [0.25, 0.3) is 0 Å². The molecule has 98 valence electrons. The molecule has 0 aromatic carbocycles. The smallest absolute Gasteiger partial charge is 0.239 e. The van der Waals surface area contributed by atoms with E-state index in [2.05, 4.69) is 4.90 Å². The summed E-state index contributed by atoms with van der Waals surface area (Å²) < 4.78 is 0. The van der Waals surface area contributed by atoms with Gasteiger partial charge in [0.15, 0.2) is 0 Å². The molecule has 4 nitrogen and oxygen atoms in total. The van der Waals surface area contributed by atoms with Crippen LogP contribution in [0, 0.1) is 0 Å². The van der Waals surface area contributed by atoms with Gasteiger partial charge in [-0.25, -0.2) is 0 Å². The Kier molecular flexibility index (Phi) is 3.73. The molecule has 4 heteroatoms. The van der Waals surface area contributed by atoms with Gasteiger partial charge in [-0.15, -0.1) is 0 Å². The first-order valence-electron chi connectivity index (χ1n) is 6.75. The van der Waals surface area contributed by atoms with Gasteiger partial charge in [-0.1, -0.05) is 6.42 Å². The molecule has 2 fully saturated rings. The van der Waals surface area contributed by atoms with Crippen LogP contribution < -0.4 is 5.73 Å². The van der Waals surface area contributed by atoms with E-state index >= 15 is 0 Å². The largest absolute Gasteiger partial charge is 0.347 e. The molecule has 2 rings (SSSR count). The maximum atomic E-state index is 12.1. The Morgan fingerprint density at radius 1 is 1.29 bits per heavy atom. The fourth-order valence-corrected chi connectivity index (χ4v) is 3.59. The highest BCUT2D eigenvalue weighted by Gasteiger charge is 2.41.